The minimum atomic E-state index is 0.251. The zero-order valence-corrected chi connectivity index (χ0v) is 11.5. The standard InChI is InChI=1S/C15H18N4O/c1-20-14-10-13(17-15(16)18-14)19-8-6-11-4-2-3-5-12(11)7-9-19/h2-5,10H,6-9H2,1H3,(H2,16,17,18). The molecule has 0 fully saturated rings. The number of nitrogens with zero attached hydrogens (tertiary/aromatic N) is 3. The number of hydrogen-bond donors (Lipinski definition) is 1. The summed E-state index contributed by atoms with van der Waals surface area (Å²) in [6.45, 7) is 1.85. The maximum atomic E-state index is 5.74. The van der Waals surface area contributed by atoms with Gasteiger partial charge in [-0.05, 0) is 24.0 Å². The molecule has 0 unspecified atom stereocenters. The molecule has 2 N–H and O–H groups in total. The summed E-state index contributed by atoms with van der Waals surface area (Å²) in [5, 5.41) is 0. The Labute approximate surface area is 118 Å². The van der Waals surface area contributed by atoms with Gasteiger partial charge in [0.05, 0.1) is 7.11 Å². The molecule has 2 heterocycles. The van der Waals surface area contributed by atoms with Crippen molar-refractivity contribution in [3.05, 3.63) is 41.5 Å². The lowest BCUT2D eigenvalue weighted by Gasteiger charge is -2.21. The van der Waals surface area contributed by atoms with Crippen molar-refractivity contribution in [2.75, 3.05) is 30.8 Å². The highest BCUT2D eigenvalue weighted by atomic mass is 16.5. The Hall–Kier alpha value is -2.30. The van der Waals surface area contributed by atoms with Crippen molar-refractivity contribution in [2.45, 2.75) is 12.8 Å². The molecule has 0 atom stereocenters. The third-order valence-electron chi connectivity index (χ3n) is 3.66. The van der Waals surface area contributed by atoms with Crippen LogP contribution in [0.5, 0.6) is 5.88 Å². The lowest BCUT2D eigenvalue weighted by Crippen LogP contribution is -2.27. The molecular weight excluding hydrogens is 252 g/mol. The fraction of sp³-hybridized carbons (Fsp3) is 0.333. The number of rotatable bonds is 2. The SMILES string of the molecule is COc1cc(N2CCc3ccccc3CC2)nc(N)n1. The van der Waals surface area contributed by atoms with E-state index in [1.54, 1.807) is 7.11 Å². The van der Waals surface area contributed by atoms with Crippen molar-refractivity contribution < 1.29 is 4.74 Å². The number of nitrogen functional groups attached to an aromatic ring is 1. The minimum Gasteiger partial charge on any atom is -0.481 e. The second-order valence-electron chi connectivity index (χ2n) is 4.88. The maximum Gasteiger partial charge on any atom is 0.225 e. The van der Waals surface area contributed by atoms with E-state index in [0.717, 1.165) is 31.7 Å². The van der Waals surface area contributed by atoms with E-state index in [4.69, 9.17) is 10.5 Å². The van der Waals surface area contributed by atoms with E-state index < -0.39 is 0 Å². The number of nitrogens with two attached hydrogens (primary N) is 1. The molecule has 0 saturated heterocycles. The highest BCUT2D eigenvalue weighted by Crippen LogP contribution is 2.22. The summed E-state index contributed by atoms with van der Waals surface area (Å²) in [4.78, 5) is 10.6. The van der Waals surface area contributed by atoms with E-state index in [-0.39, 0.29) is 5.95 Å². The Kier molecular flexibility index (Phi) is 3.41. The van der Waals surface area contributed by atoms with Crippen molar-refractivity contribution in [1.29, 1.82) is 0 Å². The van der Waals surface area contributed by atoms with Gasteiger partial charge in [-0.3, -0.25) is 0 Å². The zero-order valence-electron chi connectivity index (χ0n) is 11.5. The van der Waals surface area contributed by atoms with Gasteiger partial charge in [-0.2, -0.15) is 9.97 Å². The summed E-state index contributed by atoms with van der Waals surface area (Å²) in [7, 11) is 1.59. The van der Waals surface area contributed by atoms with Crippen molar-refractivity contribution in [3.8, 4) is 5.88 Å². The molecule has 104 valence electrons. The van der Waals surface area contributed by atoms with E-state index >= 15 is 0 Å². The third-order valence-corrected chi connectivity index (χ3v) is 3.66. The second kappa shape index (κ2) is 5.36. The molecule has 0 radical (unpaired) electrons. The van der Waals surface area contributed by atoms with Gasteiger partial charge < -0.3 is 15.4 Å². The molecule has 0 spiro atoms. The average Bonchev–Trinajstić information content (AvgIpc) is 2.69. The number of benzene rings is 1. The molecule has 0 bridgehead atoms. The first-order valence-corrected chi connectivity index (χ1v) is 6.76. The summed E-state index contributed by atoms with van der Waals surface area (Å²) in [6, 6.07) is 10.4. The Morgan fingerprint density at radius 2 is 1.75 bits per heavy atom. The topological polar surface area (TPSA) is 64.3 Å². The lowest BCUT2D eigenvalue weighted by molar-refractivity contribution is 0.397. The van der Waals surface area contributed by atoms with Crippen LogP contribution in [-0.4, -0.2) is 30.2 Å². The normalized spacial score (nSPS) is 14.6. The van der Waals surface area contributed by atoms with Gasteiger partial charge in [0.2, 0.25) is 11.8 Å². The molecule has 5 heteroatoms. The number of hydrogen-bond acceptors (Lipinski definition) is 5. The molecule has 0 saturated carbocycles. The van der Waals surface area contributed by atoms with Gasteiger partial charge in [0.25, 0.3) is 0 Å². The molecule has 0 amide bonds. The third kappa shape index (κ3) is 2.52. The van der Waals surface area contributed by atoms with Gasteiger partial charge in [0.15, 0.2) is 0 Å². The minimum absolute atomic E-state index is 0.251. The Morgan fingerprint density at radius 1 is 1.10 bits per heavy atom. The molecule has 2 aromatic rings. The van der Waals surface area contributed by atoms with E-state index in [1.165, 1.54) is 11.1 Å². The average molecular weight is 270 g/mol. The van der Waals surface area contributed by atoms with E-state index in [0.29, 0.717) is 5.88 Å². The summed E-state index contributed by atoms with van der Waals surface area (Å²) in [5.74, 6) is 1.59. The molecular formula is C15H18N4O. The second-order valence-corrected chi connectivity index (χ2v) is 4.88. The monoisotopic (exact) mass is 270 g/mol. The van der Waals surface area contributed by atoms with Gasteiger partial charge in [0.1, 0.15) is 5.82 Å². The number of methoxy groups -OCH3 is 1. The van der Waals surface area contributed by atoms with Gasteiger partial charge in [-0.15, -0.1) is 0 Å². The maximum absolute atomic E-state index is 5.74. The van der Waals surface area contributed by atoms with Crippen LogP contribution >= 0.6 is 0 Å². The molecule has 1 aromatic heterocycles. The van der Waals surface area contributed by atoms with E-state index in [1.807, 2.05) is 6.07 Å². The largest absolute Gasteiger partial charge is 0.481 e. The summed E-state index contributed by atoms with van der Waals surface area (Å²) < 4.78 is 5.16. The number of fused-ring (bicyclic) bond motifs is 1. The van der Waals surface area contributed by atoms with Crippen LogP contribution in [0.15, 0.2) is 30.3 Å². The number of ether oxygens (including phenoxy) is 1. The van der Waals surface area contributed by atoms with Gasteiger partial charge >= 0.3 is 0 Å². The van der Waals surface area contributed by atoms with Crippen molar-refractivity contribution >= 4 is 11.8 Å². The molecule has 1 aliphatic heterocycles. The van der Waals surface area contributed by atoms with E-state index in [9.17, 15) is 0 Å². The Morgan fingerprint density at radius 3 is 2.35 bits per heavy atom. The van der Waals surface area contributed by atoms with Gasteiger partial charge in [0, 0.05) is 19.2 Å². The number of aromatic nitrogens is 2. The molecule has 5 nitrogen and oxygen atoms in total. The lowest BCUT2D eigenvalue weighted by atomic mass is 10.0. The molecule has 20 heavy (non-hydrogen) atoms. The van der Waals surface area contributed by atoms with Crippen LogP contribution in [0.2, 0.25) is 0 Å². The molecule has 1 aromatic carbocycles. The zero-order chi connectivity index (χ0) is 13.9. The molecule has 1 aliphatic rings. The Balaban J connectivity index is 1.85. The van der Waals surface area contributed by atoms with Crippen molar-refractivity contribution in [2.24, 2.45) is 0 Å². The first-order valence-electron chi connectivity index (χ1n) is 6.76. The molecule has 3 rings (SSSR count). The smallest absolute Gasteiger partial charge is 0.225 e. The van der Waals surface area contributed by atoms with E-state index in [2.05, 4.69) is 39.1 Å². The summed E-state index contributed by atoms with van der Waals surface area (Å²) in [5.41, 5.74) is 8.58. The number of anilines is 2. The predicted octanol–water partition coefficient (Wildman–Crippen LogP) is 1.67. The quantitative estimate of drug-likeness (QED) is 0.899. The Bertz CT molecular complexity index is 588. The van der Waals surface area contributed by atoms with Gasteiger partial charge in [-0.1, -0.05) is 24.3 Å². The fourth-order valence-corrected chi connectivity index (χ4v) is 2.59. The van der Waals surface area contributed by atoms with Crippen LogP contribution in [0.25, 0.3) is 0 Å². The highest BCUT2D eigenvalue weighted by Gasteiger charge is 2.16. The highest BCUT2D eigenvalue weighted by molar-refractivity contribution is 5.47. The van der Waals surface area contributed by atoms with Crippen LogP contribution in [-0.2, 0) is 12.8 Å². The van der Waals surface area contributed by atoms with Crippen LogP contribution < -0.4 is 15.4 Å². The van der Waals surface area contributed by atoms with Crippen LogP contribution in [0.1, 0.15) is 11.1 Å². The summed E-state index contributed by atoms with van der Waals surface area (Å²) in [6.07, 6.45) is 2.03. The fourth-order valence-electron chi connectivity index (χ4n) is 2.59. The van der Waals surface area contributed by atoms with Crippen LogP contribution in [0.3, 0.4) is 0 Å². The van der Waals surface area contributed by atoms with Crippen LogP contribution in [0.4, 0.5) is 11.8 Å². The van der Waals surface area contributed by atoms with Crippen molar-refractivity contribution in [3.63, 3.8) is 0 Å². The molecule has 0 aliphatic carbocycles. The first kappa shape index (κ1) is 12.7. The summed E-state index contributed by atoms with van der Waals surface area (Å²) >= 11 is 0. The van der Waals surface area contributed by atoms with Gasteiger partial charge in [-0.25, -0.2) is 0 Å². The predicted molar refractivity (Wildman–Crippen MR) is 79.1 cm³/mol. The van der Waals surface area contributed by atoms with Crippen LogP contribution in [0, 0.1) is 0 Å². The van der Waals surface area contributed by atoms with Crippen molar-refractivity contribution in [1.82, 2.24) is 9.97 Å². The first-order chi connectivity index (χ1) is 9.76.